The van der Waals surface area contributed by atoms with Crippen molar-refractivity contribution in [2.45, 2.75) is 39.0 Å². The highest BCUT2D eigenvalue weighted by Gasteiger charge is 2.47. The molecule has 0 bridgehead atoms. The van der Waals surface area contributed by atoms with Gasteiger partial charge in [0.2, 0.25) is 17.7 Å². The van der Waals surface area contributed by atoms with Gasteiger partial charge < -0.3 is 4.90 Å². The van der Waals surface area contributed by atoms with Crippen LogP contribution in [0.4, 0.5) is 0 Å². The Balaban J connectivity index is 1.54. The predicted octanol–water partition coefficient (Wildman–Crippen LogP) is 1.59. The van der Waals surface area contributed by atoms with Crippen molar-refractivity contribution in [1.29, 1.82) is 0 Å². The number of hydrogen-bond acceptors (Lipinski definition) is 3. The Bertz CT molecular complexity index is 480. The molecule has 2 heterocycles. The Morgan fingerprint density at radius 2 is 1.64 bits per heavy atom. The van der Waals surface area contributed by atoms with Crippen molar-refractivity contribution in [3.8, 4) is 0 Å². The summed E-state index contributed by atoms with van der Waals surface area (Å²) >= 11 is 0. The third-order valence-electron chi connectivity index (χ3n) is 5.28. The molecule has 120 valence electrons. The quantitative estimate of drug-likeness (QED) is 0.587. The van der Waals surface area contributed by atoms with E-state index in [1.54, 1.807) is 0 Å². The first-order valence-corrected chi connectivity index (χ1v) is 8.36. The number of imide groups is 1. The second-order valence-electron chi connectivity index (χ2n) is 6.80. The lowest BCUT2D eigenvalue weighted by Gasteiger charge is -2.30. The van der Waals surface area contributed by atoms with Gasteiger partial charge in [0, 0.05) is 26.1 Å². The molecule has 1 aliphatic carbocycles. The topological polar surface area (TPSA) is 57.7 Å². The molecule has 2 atom stereocenters. The summed E-state index contributed by atoms with van der Waals surface area (Å²) in [5.74, 6) is 0.201. The van der Waals surface area contributed by atoms with Crippen LogP contribution in [0.2, 0.25) is 0 Å². The molecule has 0 radical (unpaired) electrons. The van der Waals surface area contributed by atoms with Crippen LogP contribution < -0.4 is 0 Å². The first-order valence-electron chi connectivity index (χ1n) is 8.36. The Morgan fingerprint density at radius 3 is 2.18 bits per heavy atom. The summed E-state index contributed by atoms with van der Waals surface area (Å²) < 4.78 is 0. The highest BCUT2D eigenvalue weighted by atomic mass is 16.2. The summed E-state index contributed by atoms with van der Waals surface area (Å²) in [6.45, 7) is 4.06. The van der Waals surface area contributed by atoms with Crippen molar-refractivity contribution < 1.29 is 14.4 Å². The average Bonchev–Trinajstić information content (AvgIpc) is 2.78. The fraction of sp³-hybridized carbons (Fsp3) is 0.706. The van der Waals surface area contributed by atoms with Gasteiger partial charge in [0.15, 0.2) is 0 Å². The first kappa shape index (κ1) is 15.3. The second kappa shape index (κ2) is 6.23. The van der Waals surface area contributed by atoms with Crippen molar-refractivity contribution in [2.75, 3.05) is 19.6 Å². The Morgan fingerprint density at radius 1 is 1.09 bits per heavy atom. The number of carbonyl (C=O) groups is 3. The molecule has 2 saturated heterocycles. The summed E-state index contributed by atoms with van der Waals surface area (Å²) in [5, 5.41) is 0. The standard InChI is InChI=1S/C17H24N2O3/c1-12-6-9-18(10-7-12)15(20)8-11-19-16(21)13-4-2-3-5-14(13)17(19)22/h2-3,12-14H,4-11H2,1H3/t13-,14-/m1/s1. The van der Waals surface area contributed by atoms with Crippen LogP contribution in [0.15, 0.2) is 12.2 Å². The number of hydrogen-bond donors (Lipinski definition) is 0. The van der Waals surface area contributed by atoms with Crippen LogP contribution in [0.3, 0.4) is 0 Å². The predicted molar refractivity (Wildman–Crippen MR) is 81.7 cm³/mol. The maximum Gasteiger partial charge on any atom is 0.233 e. The summed E-state index contributed by atoms with van der Waals surface area (Å²) in [5.41, 5.74) is 0. The van der Waals surface area contributed by atoms with E-state index in [0.29, 0.717) is 18.8 Å². The molecule has 0 unspecified atom stereocenters. The van der Waals surface area contributed by atoms with E-state index in [1.807, 2.05) is 17.1 Å². The monoisotopic (exact) mass is 304 g/mol. The molecule has 0 N–H and O–H groups in total. The van der Waals surface area contributed by atoms with E-state index < -0.39 is 0 Å². The van der Waals surface area contributed by atoms with Crippen molar-refractivity contribution in [2.24, 2.45) is 17.8 Å². The highest BCUT2D eigenvalue weighted by Crippen LogP contribution is 2.35. The zero-order valence-corrected chi connectivity index (χ0v) is 13.2. The van der Waals surface area contributed by atoms with Crippen molar-refractivity contribution >= 4 is 17.7 Å². The molecule has 0 saturated carbocycles. The van der Waals surface area contributed by atoms with Crippen molar-refractivity contribution in [3.63, 3.8) is 0 Å². The number of fused-ring (bicyclic) bond motifs is 1. The largest absolute Gasteiger partial charge is 0.343 e. The lowest BCUT2D eigenvalue weighted by Crippen LogP contribution is -2.40. The number of amides is 3. The van der Waals surface area contributed by atoms with Crippen LogP contribution in [0.1, 0.15) is 39.0 Å². The third-order valence-corrected chi connectivity index (χ3v) is 5.28. The summed E-state index contributed by atoms with van der Waals surface area (Å²) in [4.78, 5) is 40.1. The molecule has 3 amide bonds. The van der Waals surface area contributed by atoms with Gasteiger partial charge in [0.1, 0.15) is 0 Å². The van der Waals surface area contributed by atoms with Gasteiger partial charge in [-0.2, -0.15) is 0 Å². The van der Waals surface area contributed by atoms with Crippen LogP contribution in [-0.2, 0) is 14.4 Å². The van der Waals surface area contributed by atoms with Crippen LogP contribution in [0.25, 0.3) is 0 Å². The Kier molecular flexibility index (Phi) is 4.32. The zero-order chi connectivity index (χ0) is 15.7. The normalized spacial score (nSPS) is 29.1. The van der Waals surface area contributed by atoms with Gasteiger partial charge in [-0.15, -0.1) is 0 Å². The van der Waals surface area contributed by atoms with Crippen LogP contribution in [0.5, 0.6) is 0 Å². The summed E-state index contributed by atoms with van der Waals surface area (Å²) in [6, 6.07) is 0. The molecule has 5 nitrogen and oxygen atoms in total. The van der Waals surface area contributed by atoms with Gasteiger partial charge in [-0.25, -0.2) is 0 Å². The fourth-order valence-corrected chi connectivity index (χ4v) is 3.71. The van der Waals surface area contributed by atoms with E-state index in [9.17, 15) is 14.4 Å². The van der Waals surface area contributed by atoms with Gasteiger partial charge in [-0.05, 0) is 31.6 Å². The summed E-state index contributed by atoms with van der Waals surface area (Å²) in [7, 11) is 0. The molecule has 22 heavy (non-hydrogen) atoms. The molecule has 0 spiro atoms. The first-order chi connectivity index (χ1) is 10.6. The SMILES string of the molecule is CC1CCN(C(=O)CCN2C(=O)[C@@H]3CC=CC[C@H]3C2=O)CC1. The number of nitrogens with zero attached hydrogens (tertiary/aromatic N) is 2. The smallest absolute Gasteiger partial charge is 0.233 e. The number of allylic oxidation sites excluding steroid dienone is 2. The van der Waals surface area contributed by atoms with E-state index in [4.69, 9.17) is 0 Å². The molecule has 5 heteroatoms. The number of piperidine rings is 1. The molecular formula is C17H24N2O3. The Hall–Kier alpha value is -1.65. The minimum Gasteiger partial charge on any atom is -0.343 e. The zero-order valence-electron chi connectivity index (χ0n) is 13.2. The van der Waals surface area contributed by atoms with Crippen LogP contribution in [-0.4, -0.2) is 47.2 Å². The number of likely N-dealkylation sites (tertiary alicyclic amines) is 2. The average molecular weight is 304 g/mol. The van der Waals surface area contributed by atoms with E-state index in [2.05, 4.69) is 6.92 Å². The van der Waals surface area contributed by atoms with E-state index in [-0.39, 0.29) is 42.5 Å². The maximum absolute atomic E-state index is 12.3. The van der Waals surface area contributed by atoms with Crippen molar-refractivity contribution in [3.05, 3.63) is 12.2 Å². The lowest BCUT2D eigenvalue weighted by molar-refractivity contribution is -0.141. The van der Waals surface area contributed by atoms with E-state index in [1.165, 1.54) is 4.90 Å². The minimum atomic E-state index is -0.191. The van der Waals surface area contributed by atoms with Gasteiger partial charge in [-0.1, -0.05) is 19.1 Å². The molecule has 3 aliphatic rings. The molecule has 3 rings (SSSR count). The van der Waals surface area contributed by atoms with Crippen LogP contribution in [0, 0.1) is 17.8 Å². The van der Waals surface area contributed by atoms with Crippen molar-refractivity contribution in [1.82, 2.24) is 9.80 Å². The number of rotatable bonds is 3. The molecule has 2 aliphatic heterocycles. The van der Waals surface area contributed by atoms with Gasteiger partial charge in [0.05, 0.1) is 11.8 Å². The lowest BCUT2D eigenvalue weighted by atomic mass is 9.85. The molecule has 2 fully saturated rings. The second-order valence-corrected chi connectivity index (χ2v) is 6.80. The Labute approximate surface area is 131 Å². The van der Waals surface area contributed by atoms with Crippen LogP contribution >= 0.6 is 0 Å². The fourth-order valence-electron chi connectivity index (χ4n) is 3.71. The third kappa shape index (κ3) is 2.81. The van der Waals surface area contributed by atoms with Gasteiger partial charge >= 0.3 is 0 Å². The van der Waals surface area contributed by atoms with E-state index in [0.717, 1.165) is 25.9 Å². The minimum absolute atomic E-state index is 0.0699. The van der Waals surface area contributed by atoms with E-state index >= 15 is 0 Å². The molecule has 0 aromatic rings. The van der Waals surface area contributed by atoms with Gasteiger partial charge in [-0.3, -0.25) is 19.3 Å². The molecule has 0 aromatic carbocycles. The molecular weight excluding hydrogens is 280 g/mol. The summed E-state index contributed by atoms with van der Waals surface area (Å²) in [6.07, 6.45) is 7.63. The number of carbonyl (C=O) groups excluding carboxylic acids is 3. The van der Waals surface area contributed by atoms with Gasteiger partial charge in [0.25, 0.3) is 0 Å². The molecule has 0 aromatic heterocycles. The maximum atomic E-state index is 12.3. The highest BCUT2D eigenvalue weighted by molar-refractivity contribution is 6.05.